The van der Waals surface area contributed by atoms with Crippen molar-refractivity contribution < 1.29 is 14.3 Å². The second kappa shape index (κ2) is 8.48. The second-order valence-corrected chi connectivity index (χ2v) is 7.36. The molecule has 0 atom stereocenters. The van der Waals surface area contributed by atoms with Gasteiger partial charge in [0.1, 0.15) is 0 Å². The lowest BCUT2D eigenvalue weighted by molar-refractivity contribution is -0.125. The van der Waals surface area contributed by atoms with E-state index in [1.807, 2.05) is 36.5 Å². The van der Waals surface area contributed by atoms with E-state index in [1.165, 1.54) is 0 Å². The molecule has 0 unspecified atom stereocenters. The number of carbonyl (C=O) groups excluding carboxylic acids is 2. The van der Waals surface area contributed by atoms with E-state index < -0.39 is 0 Å². The Hall–Kier alpha value is -3.13. The zero-order chi connectivity index (χ0) is 20.2. The lowest BCUT2D eigenvalue weighted by Crippen LogP contribution is -2.54. The molecular formula is C21H25N5O3. The number of methoxy groups -OCH3 is 1. The Morgan fingerprint density at radius 1 is 1.14 bits per heavy atom. The van der Waals surface area contributed by atoms with Gasteiger partial charge in [-0.05, 0) is 41.5 Å². The van der Waals surface area contributed by atoms with Gasteiger partial charge in [0.25, 0.3) is 0 Å². The third-order valence-corrected chi connectivity index (χ3v) is 5.36. The fourth-order valence-corrected chi connectivity index (χ4v) is 3.60. The third-order valence-electron chi connectivity index (χ3n) is 5.36. The minimum atomic E-state index is -0.120. The first-order valence-corrected chi connectivity index (χ1v) is 9.73. The van der Waals surface area contributed by atoms with E-state index in [1.54, 1.807) is 18.2 Å². The molecule has 0 saturated carbocycles. The normalized spacial score (nSPS) is 15.6. The Morgan fingerprint density at radius 2 is 1.90 bits per heavy atom. The maximum Gasteiger partial charge on any atom is 0.322 e. The zero-order valence-electron chi connectivity index (χ0n) is 16.4. The molecule has 2 aliphatic rings. The summed E-state index contributed by atoms with van der Waals surface area (Å²) in [6, 6.07) is 9.56. The molecule has 1 aromatic carbocycles. The van der Waals surface area contributed by atoms with Crippen LogP contribution in [0.5, 0.6) is 0 Å². The highest BCUT2D eigenvalue weighted by Gasteiger charge is 2.32. The first-order valence-electron chi connectivity index (χ1n) is 9.73. The standard InChI is InChI=1S/C21H25N5O3/c1-29-9-8-23-20(27)17-13-25(14-17)19-4-2-18(3-5-19)24-21(28)26-11-15-6-7-22-10-16(15)12-26/h2-7,10,17H,8-9,11-14H2,1H3,(H,23,27)(H,24,28). The molecule has 152 valence electrons. The first-order chi connectivity index (χ1) is 14.1. The van der Waals surface area contributed by atoms with Crippen molar-refractivity contribution in [1.82, 2.24) is 15.2 Å². The van der Waals surface area contributed by atoms with Crippen LogP contribution in [-0.4, -0.2) is 55.2 Å². The minimum absolute atomic E-state index is 0.0116. The van der Waals surface area contributed by atoms with Crippen LogP contribution in [0.1, 0.15) is 11.1 Å². The number of pyridine rings is 1. The summed E-state index contributed by atoms with van der Waals surface area (Å²) >= 11 is 0. The summed E-state index contributed by atoms with van der Waals surface area (Å²) in [7, 11) is 1.62. The highest BCUT2D eigenvalue weighted by Crippen LogP contribution is 2.27. The maximum atomic E-state index is 12.5. The quantitative estimate of drug-likeness (QED) is 0.729. The Bertz CT molecular complexity index is 855. The van der Waals surface area contributed by atoms with Crippen molar-refractivity contribution in [2.75, 3.05) is 43.6 Å². The summed E-state index contributed by atoms with van der Waals surface area (Å²) in [5, 5.41) is 5.82. The van der Waals surface area contributed by atoms with Gasteiger partial charge < -0.3 is 25.2 Å². The van der Waals surface area contributed by atoms with Gasteiger partial charge in [-0.3, -0.25) is 9.78 Å². The SMILES string of the molecule is COCCNC(=O)C1CN(c2ccc(NC(=O)N3Cc4ccncc4C3)cc2)C1. The number of aromatic nitrogens is 1. The summed E-state index contributed by atoms with van der Waals surface area (Å²) in [5.41, 5.74) is 4.03. The largest absolute Gasteiger partial charge is 0.383 e. The molecule has 1 fully saturated rings. The lowest BCUT2D eigenvalue weighted by atomic mass is 9.98. The molecule has 1 aromatic heterocycles. The first kappa shape index (κ1) is 19.2. The van der Waals surface area contributed by atoms with Gasteiger partial charge in [-0.15, -0.1) is 0 Å². The van der Waals surface area contributed by atoms with Crippen LogP contribution in [0.3, 0.4) is 0 Å². The smallest absolute Gasteiger partial charge is 0.322 e. The van der Waals surface area contributed by atoms with Gasteiger partial charge in [0, 0.05) is 63.6 Å². The number of hydrogen-bond acceptors (Lipinski definition) is 5. The molecule has 0 bridgehead atoms. The van der Waals surface area contributed by atoms with Crippen molar-refractivity contribution >= 4 is 23.3 Å². The van der Waals surface area contributed by atoms with Crippen LogP contribution in [0.2, 0.25) is 0 Å². The number of urea groups is 1. The van der Waals surface area contributed by atoms with Crippen molar-refractivity contribution in [1.29, 1.82) is 0 Å². The molecule has 2 aliphatic heterocycles. The molecule has 3 heterocycles. The Kier molecular flexibility index (Phi) is 5.62. The highest BCUT2D eigenvalue weighted by atomic mass is 16.5. The predicted octanol–water partition coefficient (Wildman–Crippen LogP) is 1.83. The van der Waals surface area contributed by atoms with E-state index >= 15 is 0 Å². The van der Waals surface area contributed by atoms with Gasteiger partial charge in [0.05, 0.1) is 12.5 Å². The second-order valence-electron chi connectivity index (χ2n) is 7.36. The van der Waals surface area contributed by atoms with Crippen LogP contribution >= 0.6 is 0 Å². The number of amides is 3. The number of nitrogens with one attached hydrogen (secondary N) is 2. The van der Waals surface area contributed by atoms with Gasteiger partial charge in [-0.2, -0.15) is 0 Å². The van der Waals surface area contributed by atoms with Crippen LogP contribution in [0.4, 0.5) is 16.2 Å². The van der Waals surface area contributed by atoms with Crippen molar-refractivity contribution in [3.63, 3.8) is 0 Å². The summed E-state index contributed by atoms with van der Waals surface area (Å²) < 4.78 is 4.94. The number of fused-ring (bicyclic) bond motifs is 1. The topological polar surface area (TPSA) is 86.8 Å². The van der Waals surface area contributed by atoms with Crippen LogP contribution in [0.25, 0.3) is 0 Å². The summed E-state index contributed by atoms with van der Waals surface area (Å²) in [6.45, 7) is 3.64. The van der Waals surface area contributed by atoms with Gasteiger partial charge in [-0.25, -0.2) is 4.79 Å². The zero-order valence-corrected chi connectivity index (χ0v) is 16.4. The Balaban J connectivity index is 1.25. The molecule has 2 aromatic rings. The van der Waals surface area contributed by atoms with E-state index in [0.717, 1.165) is 22.5 Å². The van der Waals surface area contributed by atoms with Gasteiger partial charge in [0.15, 0.2) is 0 Å². The van der Waals surface area contributed by atoms with Gasteiger partial charge in [0.2, 0.25) is 5.91 Å². The lowest BCUT2D eigenvalue weighted by Gasteiger charge is -2.40. The fourth-order valence-electron chi connectivity index (χ4n) is 3.60. The van der Waals surface area contributed by atoms with Crippen LogP contribution < -0.4 is 15.5 Å². The number of ether oxygens (including phenoxy) is 1. The molecule has 1 saturated heterocycles. The molecule has 0 radical (unpaired) electrons. The predicted molar refractivity (Wildman–Crippen MR) is 110 cm³/mol. The van der Waals surface area contributed by atoms with E-state index in [2.05, 4.69) is 20.5 Å². The van der Waals surface area contributed by atoms with Gasteiger partial charge >= 0.3 is 6.03 Å². The number of rotatable bonds is 6. The number of benzene rings is 1. The molecule has 8 nitrogen and oxygen atoms in total. The number of carbonyl (C=O) groups is 2. The van der Waals surface area contributed by atoms with Crippen molar-refractivity contribution in [3.8, 4) is 0 Å². The van der Waals surface area contributed by atoms with Crippen molar-refractivity contribution in [2.24, 2.45) is 5.92 Å². The minimum Gasteiger partial charge on any atom is -0.383 e. The highest BCUT2D eigenvalue weighted by molar-refractivity contribution is 5.90. The molecule has 2 N–H and O–H groups in total. The van der Waals surface area contributed by atoms with Gasteiger partial charge in [-0.1, -0.05) is 0 Å². The van der Waals surface area contributed by atoms with E-state index in [-0.39, 0.29) is 17.9 Å². The average molecular weight is 395 g/mol. The molecule has 3 amide bonds. The van der Waals surface area contributed by atoms with Crippen molar-refractivity contribution in [2.45, 2.75) is 13.1 Å². The molecular weight excluding hydrogens is 370 g/mol. The molecule has 0 aliphatic carbocycles. The monoisotopic (exact) mass is 395 g/mol. The fraction of sp³-hybridized carbons (Fsp3) is 0.381. The molecule has 0 spiro atoms. The van der Waals surface area contributed by atoms with E-state index in [0.29, 0.717) is 39.3 Å². The number of anilines is 2. The van der Waals surface area contributed by atoms with Crippen LogP contribution in [0.15, 0.2) is 42.7 Å². The summed E-state index contributed by atoms with van der Waals surface area (Å²) in [5.74, 6) is 0.0847. The average Bonchev–Trinajstić information content (AvgIpc) is 3.13. The summed E-state index contributed by atoms with van der Waals surface area (Å²) in [6.07, 6.45) is 3.57. The number of hydrogen-bond donors (Lipinski definition) is 2. The van der Waals surface area contributed by atoms with Crippen LogP contribution in [-0.2, 0) is 22.6 Å². The number of nitrogens with zero attached hydrogens (tertiary/aromatic N) is 3. The maximum absolute atomic E-state index is 12.5. The third kappa shape index (κ3) is 4.32. The van der Waals surface area contributed by atoms with E-state index in [9.17, 15) is 9.59 Å². The summed E-state index contributed by atoms with van der Waals surface area (Å²) in [4.78, 5) is 32.6. The van der Waals surface area contributed by atoms with Crippen LogP contribution in [0, 0.1) is 5.92 Å². The Morgan fingerprint density at radius 3 is 2.62 bits per heavy atom. The Labute approximate surface area is 169 Å². The van der Waals surface area contributed by atoms with Crippen molar-refractivity contribution in [3.05, 3.63) is 53.9 Å². The molecule has 29 heavy (non-hydrogen) atoms. The molecule has 8 heteroatoms. The van der Waals surface area contributed by atoms with E-state index in [4.69, 9.17) is 4.74 Å². The molecule has 4 rings (SSSR count).